The van der Waals surface area contributed by atoms with Gasteiger partial charge in [-0.1, -0.05) is 25.2 Å². The molecule has 0 aromatic heterocycles. The number of halogens is 3. The van der Waals surface area contributed by atoms with Gasteiger partial charge in [0.25, 0.3) is 0 Å². The molecule has 3 rings (SSSR count). The van der Waals surface area contributed by atoms with E-state index in [0.29, 0.717) is 24.8 Å². The first kappa shape index (κ1) is 14.2. The van der Waals surface area contributed by atoms with E-state index >= 15 is 0 Å². The molecule has 3 aliphatic carbocycles. The van der Waals surface area contributed by atoms with Crippen LogP contribution >= 0.6 is 0 Å². The van der Waals surface area contributed by atoms with Gasteiger partial charge < -0.3 is 5.32 Å². The maximum Gasteiger partial charge on any atom is 0.395 e. The first-order valence-corrected chi connectivity index (χ1v) is 7.51. The number of alkyl halides is 3. The molecule has 0 aromatic carbocycles. The van der Waals surface area contributed by atoms with Crippen LogP contribution in [0.15, 0.2) is 23.8 Å². The van der Waals surface area contributed by atoms with Crippen molar-refractivity contribution in [3.8, 4) is 0 Å². The molecule has 3 aliphatic rings. The Morgan fingerprint density at radius 2 is 1.90 bits per heavy atom. The molecule has 4 heteroatoms. The van der Waals surface area contributed by atoms with E-state index in [1.54, 1.807) is 0 Å². The summed E-state index contributed by atoms with van der Waals surface area (Å²) in [6.45, 7) is 1.91. The van der Waals surface area contributed by atoms with E-state index in [2.05, 4.69) is 11.4 Å². The molecule has 0 aliphatic heterocycles. The maximum atomic E-state index is 13.3. The largest absolute Gasteiger partial charge is 0.395 e. The number of rotatable bonds is 3. The van der Waals surface area contributed by atoms with E-state index in [0.717, 1.165) is 18.4 Å². The molecular formula is C16H22F3N. The molecule has 2 fully saturated rings. The Morgan fingerprint density at radius 3 is 2.40 bits per heavy atom. The Balaban J connectivity index is 1.78. The third-order valence-electron chi connectivity index (χ3n) is 5.54. The van der Waals surface area contributed by atoms with Crippen molar-refractivity contribution < 1.29 is 13.2 Å². The van der Waals surface area contributed by atoms with Gasteiger partial charge in [-0.2, -0.15) is 13.2 Å². The molecule has 0 spiro atoms. The molecular weight excluding hydrogens is 263 g/mol. The van der Waals surface area contributed by atoms with Crippen LogP contribution in [0.3, 0.4) is 0 Å². The van der Waals surface area contributed by atoms with E-state index < -0.39 is 11.6 Å². The van der Waals surface area contributed by atoms with Crippen molar-refractivity contribution >= 4 is 0 Å². The SMILES string of the molecule is CNC1CC(C2=CC(C3(C(F)(F)F)CC3)C(C)C=C2)C1. The number of nitrogens with one attached hydrogen (secondary N) is 1. The van der Waals surface area contributed by atoms with E-state index in [9.17, 15) is 13.2 Å². The van der Waals surface area contributed by atoms with Crippen molar-refractivity contribution in [1.29, 1.82) is 0 Å². The van der Waals surface area contributed by atoms with Gasteiger partial charge in [0.1, 0.15) is 0 Å². The first-order valence-electron chi connectivity index (χ1n) is 7.51. The molecule has 2 saturated carbocycles. The van der Waals surface area contributed by atoms with Gasteiger partial charge in [-0.25, -0.2) is 0 Å². The molecule has 0 aromatic rings. The van der Waals surface area contributed by atoms with E-state index in [1.165, 1.54) is 0 Å². The van der Waals surface area contributed by atoms with Crippen molar-refractivity contribution in [2.45, 2.75) is 44.8 Å². The van der Waals surface area contributed by atoms with Gasteiger partial charge in [-0.3, -0.25) is 0 Å². The minimum Gasteiger partial charge on any atom is -0.317 e. The fraction of sp³-hybridized carbons (Fsp3) is 0.750. The topological polar surface area (TPSA) is 12.0 Å². The van der Waals surface area contributed by atoms with Gasteiger partial charge in [0, 0.05) is 6.04 Å². The smallest absolute Gasteiger partial charge is 0.317 e. The summed E-state index contributed by atoms with van der Waals surface area (Å²) in [6, 6.07) is 0.532. The minimum absolute atomic E-state index is 0.0111. The molecule has 2 unspecified atom stereocenters. The molecule has 0 heterocycles. The Morgan fingerprint density at radius 1 is 1.25 bits per heavy atom. The highest BCUT2D eigenvalue weighted by atomic mass is 19.4. The van der Waals surface area contributed by atoms with Gasteiger partial charge in [-0.05, 0) is 56.1 Å². The fourth-order valence-electron chi connectivity index (χ4n) is 3.80. The average molecular weight is 285 g/mol. The second-order valence-corrected chi connectivity index (χ2v) is 6.72. The van der Waals surface area contributed by atoms with Crippen LogP contribution < -0.4 is 5.32 Å². The summed E-state index contributed by atoms with van der Waals surface area (Å²) in [6.07, 6.45) is 4.62. The lowest BCUT2D eigenvalue weighted by molar-refractivity contribution is -0.201. The van der Waals surface area contributed by atoms with Crippen LogP contribution in [0, 0.1) is 23.2 Å². The summed E-state index contributed by atoms with van der Waals surface area (Å²) >= 11 is 0. The standard InChI is InChI=1S/C16H22F3N/c1-10-3-4-11(12-7-13(8-12)20-2)9-14(10)15(5-6-15)16(17,18)19/h3-4,9-10,12-14,20H,5-8H2,1-2H3. The van der Waals surface area contributed by atoms with E-state index in [-0.39, 0.29) is 11.8 Å². The summed E-state index contributed by atoms with van der Waals surface area (Å²) in [7, 11) is 1.94. The van der Waals surface area contributed by atoms with E-state index in [1.807, 2.05) is 26.1 Å². The van der Waals surface area contributed by atoms with Crippen molar-refractivity contribution in [3.05, 3.63) is 23.8 Å². The predicted octanol–water partition coefficient (Wildman–Crippen LogP) is 4.08. The number of hydrogen-bond donors (Lipinski definition) is 1. The summed E-state index contributed by atoms with van der Waals surface area (Å²) in [5.41, 5.74) is -0.302. The minimum atomic E-state index is -4.06. The van der Waals surface area contributed by atoms with Gasteiger partial charge >= 0.3 is 6.18 Å². The average Bonchev–Trinajstić information content (AvgIpc) is 3.10. The lowest BCUT2D eigenvalue weighted by Gasteiger charge is -2.39. The lowest BCUT2D eigenvalue weighted by atomic mass is 9.69. The fourth-order valence-corrected chi connectivity index (χ4v) is 3.80. The first-order chi connectivity index (χ1) is 9.37. The molecule has 20 heavy (non-hydrogen) atoms. The Kier molecular flexibility index (Phi) is 3.27. The van der Waals surface area contributed by atoms with Gasteiger partial charge in [0.05, 0.1) is 5.41 Å². The molecule has 1 nitrogen and oxygen atoms in total. The van der Waals surface area contributed by atoms with Gasteiger partial charge in [0.2, 0.25) is 0 Å². The van der Waals surface area contributed by atoms with Crippen LogP contribution in [0.25, 0.3) is 0 Å². The summed E-state index contributed by atoms with van der Waals surface area (Å²) < 4.78 is 40.0. The van der Waals surface area contributed by atoms with Crippen molar-refractivity contribution in [2.75, 3.05) is 7.05 Å². The molecule has 2 atom stereocenters. The van der Waals surface area contributed by atoms with Crippen molar-refractivity contribution in [2.24, 2.45) is 23.2 Å². The number of allylic oxidation sites excluding steroid dienone is 4. The molecule has 0 amide bonds. The van der Waals surface area contributed by atoms with E-state index in [4.69, 9.17) is 0 Å². The third kappa shape index (κ3) is 2.12. The summed E-state index contributed by atoms with van der Waals surface area (Å²) in [5.74, 6) is 0.0712. The summed E-state index contributed by atoms with van der Waals surface area (Å²) in [5, 5.41) is 3.23. The van der Waals surface area contributed by atoms with Crippen molar-refractivity contribution in [1.82, 2.24) is 5.32 Å². The Hall–Kier alpha value is -0.770. The normalized spacial score (nSPS) is 39.1. The second-order valence-electron chi connectivity index (χ2n) is 6.72. The molecule has 1 N–H and O–H groups in total. The lowest BCUT2D eigenvalue weighted by Crippen LogP contribution is -2.41. The number of hydrogen-bond acceptors (Lipinski definition) is 1. The van der Waals surface area contributed by atoms with Crippen LogP contribution in [-0.2, 0) is 0 Å². The second kappa shape index (κ2) is 4.62. The highest BCUT2D eigenvalue weighted by Crippen LogP contribution is 2.65. The highest BCUT2D eigenvalue weighted by Gasteiger charge is 2.67. The van der Waals surface area contributed by atoms with Crippen molar-refractivity contribution in [3.63, 3.8) is 0 Å². The van der Waals surface area contributed by atoms with Crippen LogP contribution in [0.1, 0.15) is 32.6 Å². The van der Waals surface area contributed by atoms with Crippen LogP contribution in [0.5, 0.6) is 0 Å². The molecule has 112 valence electrons. The van der Waals surface area contributed by atoms with Gasteiger partial charge in [-0.15, -0.1) is 0 Å². The Labute approximate surface area is 118 Å². The summed E-state index contributed by atoms with van der Waals surface area (Å²) in [4.78, 5) is 0. The maximum absolute atomic E-state index is 13.3. The van der Waals surface area contributed by atoms with Crippen LogP contribution in [0.2, 0.25) is 0 Å². The monoisotopic (exact) mass is 285 g/mol. The zero-order valence-corrected chi connectivity index (χ0v) is 12.0. The van der Waals surface area contributed by atoms with Crippen LogP contribution in [-0.4, -0.2) is 19.3 Å². The zero-order chi connectivity index (χ0) is 14.5. The van der Waals surface area contributed by atoms with Crippen LogP contribution in [0.4, 0.5) is 13.2 Å². The molecule has 0 saturated heterocycles. The quantitative estimate of drug-likeness (QED) is 0.824. The van der Waals surface area contributed by atoms with Gasteiger partial charge in [0.15, 0.2) is 0 Å². The highest BCUT2D eigenvalue weighted by molar-refractivity contribution is 5.32. The molecule has 0 bridgehead atoms. The Bertz CT molecular complexity index is 439. The zero-order valence-electron chi connectivity index (χ0n) is 12.0. The predicted molar refractivity (Wildman–Crippen MR) is 73.2 cm³/mol. The third-order valence-corrected chi connectivity index (χ3v) is 5.54. The molecule has 0 radical (unpaired) electrons.